The first-order chi connectivity index (χ1) is 8.98. The lowest BCUT2D eigenvalue weighted by atomic mass is 9.85. The van der Waals surface area contributed by atoms with Gasteiger partial charge in [-0.3, -0.25) is 4.79 Å². The van der Waals surface area contributed by atoms with Gasteiger partial charge < -0.3 is 10.6 Å². The quantitative estimate of drug-likeness (QED) is 0.900. The van der Waals surface area contributed by atoms with Gasteiger partial charge >= 0.3 is 0 Å². The third kappa shape index (κ3) is 2.34. The van der Waals surface area contributed by atoms with E-state index in [1.165, 1.54) is 12.1 Å². The Morgan fingerprint density at radius 1 is 1.37 bits per heavy atom. The molecule has 19 heavy (non-hydrogen) atoms. The van der Waals surface area contributed by atoms with Crippen LogP contribution < -0.4 is 5.73 Å². The number of likely N-dealkylation sites (tertiary alicyclic amines) is 1. The van der Waals surface area contributed by atoms with Crippen LogP contribution in [0.5, 0.6) is 0 Å². The first kappa shape index (κ1) is 12.5. The summed E-state index contributed by atoms with van der Waals surface area (Å²) in [6.45, 7) is 1.11. The van der Waals surface area contributed by atoms with Crippen molar-refractivity contribution in [3.8, 4) is 0 Å². The Morgan fingerprint density at radius 2 is 2.05 bits per heavy atom. The predicted molar refractivity (Wildman–Crippen MR) is 66.3 cm³/mol. The predicted octanol–water partition coefficient (Wildman–Crippen LogP) is 1.46. The fourth-order valence-corrected chi connectivity index (χ4v) is 2.70. The summed E-state index contributed by atoms with van der Waals surface area (Å²) in [5.74, 6) is -0.909. The van der Waals surface area contributed by atoms with Gasteiger partial charge in [0.05, 0.1) is 12.0 Å². The Labute approximate surface area is 110 Å². The Bertz CT molecular complexity index is 522. The number of nitrogens with two attached hydrogens (primary N) is 1. The summed E-state index contributed by atoms with van der Waals surface area (Å²) in [4.78, 5) is 13.6. The highest BCUT2D eigenvalue weighted by atomic mass is 19.1. The van der Waals surface area contributed by atoms with E-state index in [0.29, 0.717) is 19.0 Å². The molecule has 0 atom stereocenters. The van der Waals surface area contributed by atoms with E-state index in [2.05, 4.69) is 0 Å². The molecule has 2 fully saturated rings. The minimum absolute atomic E-state index is 0.0349. The highest BCUT2D eigenvalue weighted by Gasteiger charge is 2.51. The second-order valence-electron chi connectivity index (χ2n) is 5.67. The van der Waals surface area contributed by atoms with Crippen LogP contribution in [-0.4, -0.2) is 29.4 Å². The van der Waals surface area contributed by atoms with Gasteiger partial charge in [0.1, 0.15) is 11.6 Å². The third-order valence-corrected chi connectivity index (χ3v) is 4.07. The van der Waals surface area contributed by atoms with Gasteiger partial charge in [0.25, 0.3) is 0 Å². The molecule has 1 aliphatic carbocycles. The zero-order valence-electron chi connectivity index (χ0n) is 10.5. The number of rotatable bonds is 3. The SMILES string of the molecule is NC1(C2CC2)CN(C(=O)Cc2ccc(F)cc2F)C1. The standard InChI is InChI=1S/C14H16F2N2O/c15-11-4-1-9(12(16)6-11)5-13(19)18-7-14(17,8-18)10-2-3-10/h1,4,6,10H,2-3,5,7-8,17H2. The van der Waals surface area contributed by atoms with Crippen LogP contribution in [0.3, 0.4) is 0 Å². The van der Waals surface area contributed by atoms with Gasteiger partial charge in [0.2, 0.25) is 5.91 Å². The molecule has 1 aromatic carbocycles. The van der Waals surface area contributed by atoms with Crippen LogP contribution in [0, 0.1) is 17.6 Å². The molecule has 1 amide bonds. The number of benzene rings is 1. The molecule has 3 rings (SSSR count). The Hall–Kier alpha value is -1.49. The van der Waals surface area contributed by atoms with Crippen molar-refractivity contribution in [2.75, 3.05) is 13.1 Å². The van der Waals surface area contributed by atoms with Gasteiger partial charge in [-0.15, -0.1) is 0 Å². The molecule has 1 saturated heterocycles. The summed E-state index contributed by atoms with van der Waals surface area (Å²) >= 11 is 0. The van der Waals surface area contributed by atoms with Crippen molar-refractivity contribution in [2.45, 2.75) is 24.8 Å². The zero-order chi connectivity index (χ0) is 13.6. The molecule has 0 radical (unpaired) electrons. The first-order valence-corrected chi connectivity index (χ1v) is 6.48. The Kier molecular flexibility index (Phi) is 2.82. The summed E-state index contributed by atoms with van der Waals surface area (Å²) in [5, 5.41) is 0. The fourth-order valence-electron chi connectivity index (χ4n) is 2.70. The van der Waals surface area contributed by atoms with Gasteiger partial charge in [0.15, 0.2) is 0 Å². The number of hydrogen-bond acceptors (Lipinski definition) is 2. The minimum Gasteiger partial charge on any atom is -0.339 e. The molecule has 102 valence electrons. The lowest BCUT2D eigenvalue weighted by Gasteiger charge is -2.48. The monoisotopic (exact) mass is 266 g/mol. The molecule has 0 unspecified atom stereocenters. The lowest BCUT2D eigenvalue weighted by Crippen LogP contribution is -2.70. The van der Waals surface area contributed by atoms with E-state index in [1.54, 1.807) is 4.90 Å². The van der Waals surface area contributed by atoms with E-state index in [-0.39, 0.29) is 23.4 Å². The number of amides is 1. The van der Waals surface area contributed by atoms with Crippen LogP contribution in [0.2, 0.25) is 0 Å². The van der Waals surface area contributed by atoms with Crippen molar-refractivity contribution in [1.82, 2.24) is 4.90 Å². The van der Waals surface area contributed by atoms with E-state index < -0.39 is 11.6 Å². The Morgan fingerprint density at radius 3 is 2.63 bits per heavy atom. The van der Waals surface area contributed by atoms with E-state index in [9.17, 15) is 13.6 Å². The second-order valence-corrected chi connectivity index (χ2v) is 5.67. The van der Waals surface area contributed by atoms with Crippen molar-refractivity contribution < 1.29 is 13.6 Å². The summed E-state index contributed by atoms with van der Waals surface area (Å²) < 4.78 is 26.2. The van der Waals surface area contributed by atoms with Crippen LogP contribution >= 0.6 is 0 Å². The maximum Gasteiger partial charge on any atom is 0.227 e. The van der Waals surface area contributed by atoms with Gasteiger partial charge in [-0.2, -0.15) is 0 Å². The second kappa shape index (κ2) is 4.27. The number of halogens is 2. The number of nitrogens with zero attached hydrogens (tertiary/aromatic N) is 1. The highest BCUT2D eigenvalue weighted by Crippen LogP contribution is 2.43. The van der Waals surface area contributed by atoms with E-state index in [1.807, 2.05) is 0 Å². The van der Waals surface area contributed by atoms with Crippen molar-refractivity contribution in [3.05, 3.63) is 35.4 Å². The third-order valence-electron chi connectivity index (χ3n) is 4.07. The molecule has 5 heteroatoms. The average Bonchev–Trinajstić information content (AvgIpc) is 3.12. The summed E-state index contributed by atoms with van der Waals surface area (Å²) in [6, 6.07) is 3.29. The molecule has 0 bridgehead atoms. The molecule has 2 aliphatic rings. The molecule has 2 N–H and O–H groups in total. The van der Waals surface area contributed by atoms with Crippen molar-refractivity contribution in [1.29, 1.82) is 0 Å². The number of hydrogen-bond donors (Lipinski definition) is 1. The van der Waals surface area contributed by atoms with Crippen LogP contribution in [-0.2, 0) is 11.2 Å². The van der Waals surface area contributed by atoms with Crippen LogP contribution in [0.15, 0.2) is 18.2 Å². The maximum atomic E-state index is 13.5. The average molecular weight is 266 g/mol. The van der Waals surface area contributed by atoms with E-state index in [0.717, 1.165) is 18.9 Å². The van der Waals surface area contributed by atoms with Crippen molar-refractivity contribution in [2.24, 2.45) is 11.7 Å². The fraction of sp³-hybridized carbons (Fsp3) is 0.500. The lowest BCUT2D eigenvalue weighted by molar-refractivity contribution is -0.138. The molecule has 1 aromatic rings. The van der Waals surface area contributed by atoms with Crippen molar-refractivity contribution >= 4 is 5.91 Å². The number of carbonyl (C=O) groups is 1. The minimum atomic E-state index is -0.671. The van der Waals surface area contributed by atoms with Gasteiger partial charge in [-0.1, -0.05) is 6.07 Å². The van der Waals surface area contributed by atoms with Gasteiger partial charge in [-0.05, 0) is 30.4 Å². The highest BCUT2D eigenvalue weighted by molar-refractivity contribution is 5.80. The maximum absolute atomic E-state index is 13.5. The molecule has 0 aromatic heterocycles. The number of carbonyl (C=O) groups excluding carboxylic acids is 1. The topological polar surface area (TPSA) is 46.3 Å². The molecular formula is C14H16F2N2O. The zero-order valence-corrected chi connectivity index (χ0v) is 10.5. The summed E-state index contributed by atoms with van der Waals surface area (Å²) in [6.07, 6.45) is 2.25. The van der Waals surface area contributed by atoms with E-state index >= 15 is 0 Å². The van der Waals surface area contributed by atoms with Gasteiger partial charge in [-0.25, -0.2) is 8.78 Å². The molecule has 1 saturated carbocycles. The Balaban J connectivity index is 1.60. The molecule has 1 heterocycles. The van der Waals surface area contributed by atoms with Crippen LogP contribution in [0.4, 0.5) is 8.78 Å². The van der Waals surface area contributed by atoms with Gasteiger partial charge in [0, 0.05) is 19.2 Å². The van der Waals surface area contributed by atoms with E-state index in [4.69, 9.17) is 5.73 Å². The molecule has 3 nitrogen and oxygen atoms in total. The normalized spacial score (nSPS) is 21.1. The molecule has 0 spiro atoms. The summed E-state index contributed by atoms with van der Waals surface area (Å²) in [7, 11) is 0. The summed E-state index contributed by atoms with van der Waals surface area (Å²) in [5.41, 5.74) is 6.17. The van der Waals surface area contributed by atoms with Crippen molar-refractivity contribution in [3.63, 3.8) is 0 Å². The smallest absolute Gasteiger partial charge is 0.227 e. The molecular weight excluding hydrogens is 250 g/mol. The van der Waals surface area contributed by atoms with Crippen LogP contribution in [0.25, 0.3) is 0 Å². The largest absolute Gasteiger partial charge is 0.339 e. The first-order valence-electron chi connectivity index (χ1n) is 6.48. The van der Waals surface area contributed by atoms with Crippen LogP contribution in [0.1, 0.15) is 18.4 Å². The molecule has 1 aliphatic heterocycles.